The van der Waals surface area contributed by atoms with Gasteiger partial charge in [-0.1, -0.05) is 22.9 Å². The number of likely N-dealkylation sites (tertiary alicyclic amines) is 1. The number of rotatable bonds is 5. The Hall–Kier alpha value is -0.850. The molecule has 1 fully saturated rings. The van der Waals surface area contributed by atoms with Crippen molar-refractivity contribution in [2.24, 2.45) is 0 Å². The van der Waals surface area contributed by atoms with E-state index in [9.17, 15) is 4.79 Å². The third-order valence-electron chi connectivity index (χ3n) is 3.27. The second kappa shape index (κ2) is 6.54. The topological polar surface area (TPSA) is 54.5 Å². The van der Waals surface area contributed by atoms with E-state index in [1.165, 1.54) is 31.3 Å². The molecule has 1 saturated heterocycles. The first-order valence-corrected chi connectivity index (χ1v) is 7.54. The summed E-state index contributed by atoms with van der Waals surface area (Å²) < 4.78 is 4.65. The molecular formula is C12H18ClN3O2S. The van der Waals surface area contributed by atoms with Crippen LogP contribution in [0.3, 0.4) is 0 Å². The van der Waals surface area contributed by atoms with E-state index >= 15 is 0 Å². The van der Waals surface area contributed by atoms with Crippen molar-refractivity contribution in [2.45, 2.75) is 25.8 Å². The van der Waals surface area contributed by atoms with Gasteiger partial charge in [0.05, 0.1) is 7.11 Å². The highest BCUT2D eigenvalue weighted by molar-refractivity contribution is 7.18. The van der Waals surface area contributed by atoms with Crippen LogP contribution in [0.2, 0.25) is 5.15 Å². The van der Waals surface area contributed by atoms with Crippen LogP contribution in [0.15, 0.2) is 0 Å². The van der Waals surface area contributed by atoms with Gasteiger partial charge in [0.15, 0.2) is 15.2 Å². The second-order valence-corrected chi connectivity index (χ2v) is 5.96. The quantitative estimate of drug-likeness (QED) is 0.847. The Morgan fingerprint density at radius 2 is 2.26 bits per heavy atom. The fourth-order valence-corrected chi connectivity index (χ4v) is 3.25. The Morgan fingerprint density at radius 3 is 2.89 bits per heavy atom. The molecule has 1 N–H and O–H groups in total. The summed E-state index contributed by atoms with van der Waals surface area (Å²) in [4.78, 5) is 18.3. The number of anilines is 1. The number of thiazole rings is 1. The van der Waals surface area contributed by atoms with Crippen molar-refractivity contribution in [1.82, 2.24) is 9.88 Å². The lowest BCUT2D eigenvalue weighted by Gasteiger charge is -2.23. The third kappa shape index (κ3) is 3.58. The van der Waals surface area contributed by atoms with Crippen LogP contribution in [-0.2, 0) is 4.74 Å². The minimum Gasteiger partial charge on any atom is -0.465 e. The van der Waals surface area contributed by atoms with Crippen LogP contribution in [-0.4, -0.2) is 48.6 Å². The molecule has 1 aromatic heterocycles. The Morgan fingerprint density at radius 1 is 1.58 bits per heavy atom. The Kier molecular flexibility index (Phi) is 5.01. The van der Waals surface area contributed by atoms with Gasteiger partial charge in [0, 0.05) is 12.6 Å². The molecule has 5 nitrogen and oxygen atoms in total. The predicted octanol–water partition coefficient (Wildman–Crippen LogP) is 2.48. The van der Waals surface area contributed by atoms with Gasteiger partial charge in [-0.2, -0.15) is 0 Å². The number of ether oxygens (including phenoxy) is 1. The van der Waals surface area contributed by atoms with E-state index in [0.717, 1.165) is 19.6 Å². The van der Waals surface area contributed by atoms with E-state index in [0.29, 0.717) is 16.1 Å². The largest absolute Gasteiger partial charge is 0.465 e. The van der Waals surface area contributed by atoms with Gasteiger partial charge in [0.1, 0.15) is 0 Å². The number of carbonyl (C=O) groups excluding carboxylic acids is 1. The highest BCUT2D eigenvalue weighted by Crippen LogP contribution is 2.27. The average molecular weight is 304 g/mol. The molecular weight excluding hydrogens is 286 g/mol. The minimum absolute atomic E-state index is 0.202. The SMILES string of the molecule is COC(=O)c1sc(NCC(C)N2CCCC2)nc1Cl. The van der Waals surface area contributed by atoms with Crippen molar-refractivity contribution in [3.63, 3.8) is 0 Å². The van der Waals surface area contributed by atoms with Crippen molar-refractivity contribution in [3.8, 4) is 0 Å². The van der Waals surface area contributed by atoms with Crippen LogP contribution in [0.25, 0.3) is 0 Å². The highest BCUT2D eigenvalue weighted by Gasteiger charge is 2.20. The minimum atomic E-state index is -0.442. The van der Waals surface area contributed by atoms with Crippen LogP contribution in [0.5, 0.6) is 0 Å². The third-order valence-corrected chi connectivity index (χ3v) is 4.65. The first-order valence-electron chi connectivity index (χ1n) is 6.34. The van der Waals surface area contributed by atoms with Crippen LogP contribution in [0.1, 0.15) is 29.4 Å². The molecule has 1 unspecified atom stereocenters. The zero-order valence-corrected chi connectivity index (χ0v) is 12.7. The summed E-state index contributed by atoms with van der Waals surface area (Å²) in [5, 5.41) is 4.10. The van der Waals surface area contributed by atoms with Crippen LogP contribution < -0.4 is 5.32 Å². The maximum Gasteiger partial charge on any atom is 0.351 e. The van der Waals surface area contributed by atoms with Gasteiger partial charge in [-0.15, -0.1) is 0 Å². The summed E-state index contributed by atoms with van der Waals surface area (Å²) in [5.41, 5.74) is 0. The fourth-order valence-electron chi connectivity index (χ4n) is 2.14. The first-order chi connectivity index (χ1) is 9.11. The van der Waals surface area contributed by atoms with E-state index in [1.807, 2.05) is 0 Å². The first kappa shape index (κ1) is 14.6. The molecule has 0 amide bonds. The summed E-state index contributed by atoms with van der Waals surface area (Å²) >= 11 is 7.14. The molecule has 1 atom stereocenters. The molecule has 7 heteroatoms. The summed E-state index contributed by atoms with van der Waals surface area (Å²) in [6.45, 7) is 5.31. The summed E-state index contributed by atoms with van der Waals surface area (Å²) in [7, 11) is 1.33. The summed E-state index contributed by atoms with van der Waals surface area (Å²) in [6.07, 6.45) is 2.56. The van der Waals surface area contributed by atoms with Gasteiger partial charge in [-0.3, -0.25) is 4.90 Å². The average Bonchev–Trinajstić information content (AvgIpc) is 3.04. The highest BCUT2D eigenvalue weighted by atomic mass is 35.5. The molecule has 0 saturated carbocycles. The van der Waals surface area contributed by atoms with Crippen LogP contribution >= 0.6 is 22.9 Å². The molecule has 1 aliphatic heterocycles. The molecule has 0 aliphatic carbocycles. The molecule has 2 heterocycles. The fraction of sp³-hybridized carbons (Fsp3) is 0.667. The lowest BCUT2D eigenvalue weighted by atomic mass is 10.3. The van der Waals surface area contributed by atoms with Crippen molar-refractivity contribution in [1.29, 1.82) is 0 Å². The van der Waals surface area contributed by atoms with Gasteiger partial charge in [0.25, 0.3) is 0 Å². The number of nitrogens with zero attached hydrogens (tertiary/aromatic N) is 2. The zero-order chi connectivity index (χ0) is 13.8. The summed E-state index contributed by atoms with van der Waals surface area (Å²) in [5.74, 6) is -0.442. The molecule has 0 radical (unpaired) electrons. The number of methoxy groups -OCH3 is 1. The van der Waals surface area contributed by atoms with Gasteiger partial charge in [0.2, 0.25) is 0 Å². The molecule has 106 valence electrons. The molecule has 1 aliphatic rings. The maximum absolute atomic E-state index is 11.4. The zero-order valence-electron chi connectivity index (χ0n) is 11.1. The predicted molar refractivity (Wildman–Crippen MR) is 77.2 cm³/mol. The van der Waals surface area contributed by atoms with Crippen LogP contribution in [0, 0.1) is 0 Å². The number of carbonyl (C=O) groups is 1. The number of esters is 1. The number of halogens is 1. The van der Waals surface area contributed by atoms with E-state index in [1.54, 1.807) is 0 Å². The second-order valence-electron chi connectivity index (χ2n) is 4.60. The monoisotopic (exact) mass is 303 g/mol. The van der Waals surface area contributed by atoms with Crippen molar-refractivity contribution in [2.75, 3.05) is 32.1 Å². The molecule has 0 bridgehead atoms. The van der Waals surface area contributed by atoms with E-state index in [4.69, 9.17) is 11.6 Å². The lowest BCUT2D eigenvalue weighted by molar-refractivity contribution is 0.0606. The lowest BCUT2D eigenvalue weighted by Crippen LogP contribution is -2.35. The van der Waals surface area contributed by atoms with E-state index < -0.39 is 5.97 Å². The Balaban J connectivity index is 1.90. The van der Waals surface area contributed by atoms with Gasteiger partial charge < -0.3 is 10.1 Å². The molecule has 0 spiro atoms. The van der Waals surface area contributed by atoms with Crippen LogP contribution in [0.4, 0.5) is 5.13 Å². The van der Waals surface area contributed by atoms with Crippen molar-refractivity contribution >= 4 is 34.0 Å². The van der Waals surface area contributed by atoms with Crippen molar-refractivity contribution in [3.05, 3.63) is 10.0 Å². The van der Waals surface area contributed by atoms with Gasteiger partial charge in [-0.25, -0.2) is 9.78 Å². The summed E-state index contributed by atoms with van der Waals surface area (Å²) in [6, 6.07) is 0.451. The maximum atomic E-state index is 11.4. The van der Waals surface area contributed by atoms with Gasteiger partial charge >= 0.3 is 5.97 Å². The standard InChI is InChI=1S/C12H18ClN3O2S/c1-8(16-5-3-4-6-16)7-14-12-15-10(13)9(19-12)11(17)18-2/h8H,3-7H2,1-2H3,(H,14,15). The van der Waals surface area contributed by atoms with Crippen molar-refractivity contribution < 1.29 is 9.53 Å². The number of aromatic nitrogens is 1. The number of hydrogen-bond acceptors (Lipinski definition) is 6. The Bertz CT molecular complexity index is 446. The normalized spacial score (nSPS) is 17.4. The molecule has 2 rings (SSSR count). The number of hydrogen-bond donors (Lipinski definition) is 1. The molecule has 1 aromatic rings. The molecule has 0 aromatic carbocycles. The number of nitrogens with one attached hydrogen (secondary N) is 1. The molecule has 19 heavy (non-hydrogen) atoms. The van der Waals surface area contributed by atoms with E-state index in [-0.39, 0.29) is 5.15 Å². The van der Waals surface area contributed by atoms with E-state index in [2.05, 4.69) is 26.9 Å². The smallest absolute Gasteiger partial charge is 0.351 e. The van der Waals surface area contributed by atoms with Gasteiger partial charge in [-0.05, 0) is 32.9 Å². The Labute approximate surface area is 121 Å².